The van der Waals surface area contributed by atoms with Crippen molar-refractivity contribution in [1.29, 1.82) is 0 Å². The van der Waals surface area contributed by atoms with Gasteiger partial charge in [-0.05, 0) is 24.7 Å². The zero-order chi connectivity index (χ0) is 8.39. The molecular weight excluding hydrogens is 152 g/mol. The second-order valence-corrected chi connectivity index (χ2v) is 4.04. The van der Waals surface area contributed by atoms with Gasteiger partial charge >= 0.3 is 0 Å². The fourth-order valence-corrected chi connectivity index (χ4v) is 2.52. The Kier molecular flexibility index (Phi) is 2.66. The molecule has 2 nitrogen and oxygen atoms in total. The Labute approximate surface area is 74.2 Å². The molecule has 0 aromatic heterocycles. The van der Waals surface area contributed by atoms with Gasteiger partial charge < -0.3 is 9.47 Å². The van der Waals surface area contributed by atoms with Crippen LogP contribution in [-0.4, -0.2) is 20.0 Å². The highest BCUT2D eigenvalue weighted by Crippen LogP contribution is 2.37. The van der Waals surface area contributed by atoms with Gasteiger partial charge in [0.25, 0.3) is 0 Å². The van der Waals surface area contributed by atoms with Gasteiger partial charge in [0.05, 0.1) is 6.61 Å². The van der Waals surface area contributed by atoms with E-state index in [9.17, 15) is 0 Å². The van der Waals surface area contributed by atoms with E-state index < -0.39 is 0 Å². The van der Waals surface area contributed by atoms with E-state index >= 15 is 0 Å². The Bertz CT molecular complexity index is 147. The summed E-state index contributed by atoms with van der Waals surface area (Å²) >= 11 is 0. The highest BCUT2D eigenvalue weighted by molar-refractivity contribution is 4.79. The van der Waals surface area contributed by atoms with Gasteiger partial charge in [0.1, 0.15) is 0 Å². The molecule has 0 bridgehead atoms. The fourth-order valence-electron chi connectivity index (χ4n) is 2.52. The lowest BCUT2D eigenvalue weighted by atomic mass is 9.76. The van der Waals surface area contributed by atoms with Crippen molar-refractivity contribution in [2.45, 2.75) is 38.4 Å². The van der Waals surface area contributed by atoms with Gasteiger partial charge in [-0.15, -0.1) is 0 Å². The zero-order valence-corrected chi connectivity index (χ0v) is 7.79. The number of ether oxygens (including phenoxy) is 2. The normalized spacial score (nSPS) is 42.2. The second kappa shape index (κ2) is 3.75. The molecular formula is C10H18O2. The molecule has 0 aromatic rings. The number of hydrogen-bond acceptors (Lipinski definition) is 2. The average Bonchev–Trinajstić information content (AvgIpc) is 2.17. The minimum Gasteiger partial charge on any atom is -0.356 e. The molecule has 0 N–H and O–H groups in total. The molecule has 0 amide bonds. The van der Waals surface area contributed by atoms with Crippen molar-refractivity contribution in [3.8, 4) is 0 Å². The SMILES string of the molecule is CO[C@@H]1C[C@H]2CCCC[C@@H]2CO1. The Morgan fingerprint density at radius 2 is 1.92 bits per heavy atom. The Hall–Kier alpha value is -0.0800. The summed E-state index contributed by atoms with van der Waals surface area (Å²) in [6.45, 7) is 0.934. The van der Waals surface area contributed by atoms with Crippen molar-refractivity contribution in [1.82, 2.24) is 0 Å². The van der Waals surface area contributed by atoms with Crippen LogP contribution in [-0.2, 0) is 9.47 Å². The summed E-state index contributed by atoms with van der Waals surface area (Å²) in [6.07, 6.45) is 6.81. The Balaban J connectivity index is 1.90. The van der Waals surface area contributed by atoms with Crippen LogP contribution < -0.4 is 0 Å². The van der Waals surface area contributed by atoms with E-state index in [0.717, 1.165) is 24.9 Å². The molecule has 1 aliphatic carbocycles. The third-order valence-corrected chi connectivity index (χ3v) is 3.32. The summed E-state index contributed by atoms with van der Waals surface area (Å²) < 4.78 is 10.8. The smallest absolute Gasteiger partial charge is 0.157 e. The summed E-state index contributed by atoms with van der Waals surface area (Å²) in [5.41, 5.74) is 0. The maximum absolute atomic E-state index is 5.57. The summed E-state index contributed by atoms with van der Waals surface area (Å²) in [7, 11) is 1.74. The summed E-state index contributed by atoms with van der Waals surface area (Å²) in [6, 6.07) is 0. The summed E-state index contributed by atoms with van der Waals surface area (Å²) in [5, 5.41) is 0. The van der Waals surface area contributed by atoms with Crippen molar-refractivity contribution < 1.29 is 9.47 Å². The van der Waals surface area contributed by atoms with Crippen molar-refractivity contribution in [3.05, 3.63) is 0 Å². The first-order valence-corrected chi connectivity index (χ1v) is 5.04. The highest BCUT2D eigenvalue weighted by atomic mass is 16.7. The average molecular weight is 170 g/mol. The van der Waals surface area contributed by atoms with E-state index in [0.29, 0.717) is 0 Å². The van der Waals surface area contributed by atoms with Gasteiger partial charge in [-0.25, -0.2) is 0 Å². The monoisotopic (exact) mass is 170 g/mol. The van der Waals surface area contributed by atoms with Crippen LogP contribution in [0.15, 0.2) is 0 Å². The number of fused-ring (bicyclic) bond motifs is 1. The maximum Gasteiger partial charge on any atom is 0.157 e. The molecule has 2 aliphatic rings. The van der Waals surface area contributed by atoms with Crippen molar-refractivity contribution >= 4 is 0 Å². The third-order valence-electron chi connectivity index (χ3n) is 3.32. The van der Waals surface area contributed by atoms with Gasteiger partial charge in [0, 0.05) is 13.5 Å². The summed E-state index contributed by atoms with van der Waals surface area (Å²) in [5.74, 6) is 1.72. The van der Waals surface area contributed by atoms with Crippen LogP contribution in [0.25, 0.3) is 0 Å². The van der Waals surface area contributed by atoms with Crippen LogP contribution in [0.3, 0.4) is 0 Å². The molecule has 0 radical (unpaired) electrons. The van der Waals surface area contributed by atoms with Crippen LogP contribution in [0.5, 0.6) is 0 Å². The lowest BCUT2D eigenvalue weighted by molar-refractivity contribution is -0.181. The van der Waals surface area contributed by atoms with Gasteiger partial charge in [0.2, 0.25) is 0 Å². The maximum atomic E-state index is 5.57. The van der Waals surface area contributed by atoms with E-state index in [4.69, 9.17) is 9.47 Å². The lowest BCUT2D eigenvalue weighted by Gasteiger charge is -2.38. The van der Waals surface area contributed by atoms with Crippen LogP contribution in [0.1, 0.15) is 32.1 Å². The van der Waals surface area contributed by atoms with Crippen LogP contribution in [0.2, 0.25) is 0 Å². The summed E-state index contributed by atoms with van der Waals surface area (Å²) in [4.78, 5) is 0. The number of methoxy groups -OCH3 is 1. The van der Waals surface area contributed by atoms with E-state index in [1.165, 1.54) is 25.7 Å². The molecule has 1 aliphatic heterocycles. The number of hydrogen-bond donors (Lipinski definition) is 0. The first-order valence-electron chi connectivity index (χ1n) is 5.04. The molecule has 1 saturated carbocycles. The molecule has 2 fully saturated rings. The minimum absolute atomic E-state index is 0.0874. The second-order valence-electron chi connectivity index (χ2n) is 4.04. The molecule has 3 atom stereocenters. The zero-order valence-electron chi connectivity index (χ0n) is 7.79. The van der Waals surface area contributed by atoms with Crippen molar-refractivity contribution in [2.75, 3.05) is 13.7 Å². The topological polar surface area (TPSA) is 18.5 Å². The molecule has 0 aromatic carbocycles. The highest BCUT2D eigenvalue weighted by Gasteiger charge is 2.32. The molecule has 1 heterocycles. The Morgan fingerprint density at radius 3 is 2.67 bits per heavy atom. The van der Waals surface area contributed by atoms with Crippen LogP contribution >= 0.6 is 0 Å². The van der Waals surface area contributed by atoms with Crippen LogP contribution in [0.4, 0.5) is 0 Å². The molecule has 12 heavy (non-hydrogen) atoms. The quantitative estimate of drug-likeness (QED) is 0.600. The lowest BCUT2D eigenvalue weighted by Crippen LogP contribution is -2.36. The number of rotatable bonds is 1. The minimum atomic E-state index is 0.0874. The molecule has 0 unspecified atom stereocenters. The Morgan fingerprint density at radius 1 is 1.17 bits per heavy atom. The van der Waals surface area contributed by atoms with Gasteiger partial charge in [0.15, 0.2) is 6.29 Å². The van der Waals surface area contributed by atoms with Crippen LogP contribution in [0, 0.1) is 11.8 Å². The largest absolute Gasteiger partial charge is 0.356 e. The van der Waals surface area contributed by atoms with Crippen molar-refractivity contribution in [2.24, 2.45) is 11.8 Å². The van der Waals surface area contributed by atoms with Crippen molar-refractivity contribution in [3.63, 3.8) is 0 Å². The molecule has 0 spiro atoms. The van der Waals surface area contributed by atoms with Gasteiger partial charge in [-0.3, -0.25) is 0 Å². The molecule has 70 valence electrons. The molecule has 2 heteroatoms. The van der Waals surface area contributed by atoms with Gasteiger partial charge in [-0.2, -0.15) is 0 Å². The first kappa shape index (κ1) is 8.52. The van der Waals surface area contributed by atoms with Gasteiger partial charge in [-0.1, -0.05) is 12.8 Å². The van der Waals surface area contributed by atoms with E-state index in [-0.39, 0.29) is 6.29 Å². The first-order chi connectivity index (χ1) is 5.90. The molecule has 2 rings (SSSR count). The standard InChI is InChI=1S/C10H18O2/c1-11-10-6-8-4-2-3-5-9(8)7-12-10/h8-10H,2-7H2,1H3/t8-,9-,10+/m1/s1. The predicted octanol–water partition coefficient (Wildman–Crippen LogP) is 2.19. The fraction of sp³-hybridized carbons (Fsp3) is 1.00. The van der Waals surface area contributed by atoms with E-state index in [2.05, 4.69) is 0 Å². The third kappa shape index (κ3) is 1.64. The molecule has 1 saturated heterocycles. The van der Waals surface area contributed by atoms with E-state index in [1.807, 2.05) is 0 Å². The predicted molar refractivity (Wildman–Crippen MR) is 46.8 cm³/mol. The van der Waals surface area contributed by atoms with E-state index in [1.54, 1.807) is 7.11 Å².